The normalized spacial score (nSPS) is 10.0. The molecule has 0 heterocycles. The van der Waals surface area contributed by atoms with E-state index in [0.29, 0.717) is 0 Å². The first-order chi connectivity index (χ1) is 5.36. The van der Waals surface area contributed by atoms with Gasteiger partial charge in [-0.05, 0) is 36.7 Å². The van der Waals surface area contributed by atoms with Gasteiger partial charge in [-0.15, -0.1) is 0 Å². The molecule has 0 fully saturated rings. The second-order valence-electron chi connectivity index (χ2n) is 2.29. The molecule has 60 valence electrons. The van der Waals surface area contributed by atoms with Crippen molar-refractivity contribution in [1.29, 1.82) is 0 Å². The molecule has 1 rings (SSSR count). The van der Waals surface area contributed by atoms with Crippen LogP contribution in [0.15, 0.2) is 29.2 Å². The van der Waals surface area contributed by atoms with E-state index in [4.69, 9.17) is 5.14 Å². The Bertz CT molecular complexity index is 208. The predicted octanol–water partition coefficient (Wildman–Crippen LogP) is 1.37. The maximum atomic E-state index is 5.37. The number of hydrogen-bond acceptors (Lipinski definition) is 3. The van der Waals surface area contributed by atoms with Crippen molar-refractivity contribution in [3.05, 3.63) is 29.8 Å². The Labute approximate surface area is 71.3 Å². The van der Waals surface area contributed by atoms with Crippen molar-refractivity contribution in [2.24, 2.45) is 5.14 Å². The Morgan fingerprint density at radius 3 is 2.45 bits per heavy atom. The minimum absolute atomic E-state index is 0.912. The van der Waals surface area contributed by atoms with Gasteiger partial charge in [0.25, 0.3) is 0 Å². The molecular weight excluding hydrogens is 156 g/mol. The number of rotatable bonds is 3. The van der Waals surface area contributed by atoms with Gasteiger partial charge < -0.3 is 5.32 Å². The first-order valence-electron chi connectivity index (χ1n) is 3.47. The Balaban J connectivity index is 2.66. The van der Waals surface area contributed by atoms with Crippen molar-refractivity contribution in [2.45, 2.75) is 11.4 Å². The zero-order valence-corrected chi connectivity index (χ0v) is 7.32. The average Bonchev–Trinajstić information content (AvgIpc) is 2.07. The van der Waals surface area contributed by atoms with E-state index in [-0.39, 0.29) is 0 Å². The Kier molecular flexibility index (Phi) is 3.42. The Morgan fingerprint density at radius 1 is 1.36 bits per heavy atom. The smallest absolute Gasteiger partial charge is 0.0226 e. The van der Waals surface area contributed by atoms with Gasteiger partial charge in [0.1, 0.15) is 0 Å². The van der Waals surface area contributed by atoms with Gasteiger partial charge in [0.15, 0.2) is 0 Å². The summed E-state index contributed by atoms with van der Waals surface area (Å²) < 4.78 is 0. The monoisotopic (exact) mass is 168 g/mol. The van der Waals surface area contributed by atoms with E-state index in [1.54, 1.807) is 0 Å². The van der Waals surface area contributed by atoms with Gasteiger partial charge in [0, 0.05) is 11.4 Å². The van der Waals surface area contributed by atoms with E-state index in [1.165, 1.54) is 17.5 Å². The standard InChI is InChI=1S/C8H12N2S/c1-10-6-7-2-4-8(11-9)5-3-7/h2-5,10H,6,9H2,1H3. The molecule has 0 aliphatic carbocycles. The van der Waals surface area contributed by atoms with Gasteiger partial charge in [-0.2, -0.15) is 0 Å². The van der Waals surface area contributed by atoms with Crippen LogP contribution in [-0.4, -0.2) is 7.05 Å². The quantitative estimate of drug-likeness (QED) is 0.669. The van der Waals surface area contributed by atoms with Crippen molar-refractivity contribution in [3.63, 3.8) is 0 Å². The molecule has 0 amide bonds. The number of nitrogens with two attached hydrogens (primary N) is 1. The first kappa shape index (κ1) is 8.59. The van der Waals surface area contributed by atoms with Gasteiger partial charge in [0.2, 0.25) is 0 Å². The molecule has 0 aliphatic rings. The predicted molar refractivity (Wildman–Crippen MR) is 49.3 cm³/mol. The molecule has 2 nitrogen and oxygen atoms in total. The molecule has 1 aromatic carbocycles. The number of nitrogens with one attached hydrogen (secondary N) is 1. The third kappa shape index (κ3) is 2.54. The summed E-state index contributed by atoms with van der Waals surface area (Å²) in [4.78, 5) is 1.10. The topological polar surface area (TPSA) is 38.0 Å². The Morgan fingerprint density at radius 2 is 2.00 bits per heavy atom. The van der Waals surface area contributed by atoms with Crippen molar-refractivity contribution in [1.82, 2.24) is 5.32 Å². The maximum Gasteiger partial charge on any atom is 0.0226 e. The molecule has 11 heavy (non-hydrogen) atoms. The van der Waals surface area contributed by atoms with E-state index < -0.39 is 0 Å². The summed E-state index contributed by atoms with van der Waals surface area (Å²) in [6, 6.07) is 8.20. The van der Waals surface area contributed by atoms with Crippen molar-refractivity contribution < 1.29 is 0 Å². The van der Waals surface area contributed by atoms with Crippen LogP contribution in [0.1, 0.15) is 5.56 Å². The fourth-order valence-electron chi connectivity index (χ4n) is 0.890. The van der Waals surface area contributed by atoms with Crippen molar-refractivity contribution in [3.8, 4) is 0 Å². The summed E-state index contributed by atoms with van der Waals surface area (Å²) in [5.74, 6) is 0. The zero-order chi connectivity index (χ0) is 8.10. The fraction of sp³-hybridized carbons (Fsp3) is 0.250. The molecule has 0 bridgehead atoms. The van der Waals surface area contributed by atoms with E-state index in [2.05, 4.69) is 17.4 Å². The lowest BCUT2D eigenvalue weighted by atomic mass is 10.2. The summed E-state index contributed by atoms with van der Waals surface area (Å²) in [6.45, 7) is 0.912. The van der Waals surface area contributed by atoms with E-state index in [9.17, 15) is 0 Å². The van der Waals surface area contributed by atoms with Gasteiger partial charge >= 0.3 is 0 Å². The fourth-order valence-corrected chi connectivity index (χ4v) is 1.18. The van der Waals surface area contributed by atoms with Gasteiger partial charge in [-0.25, -0.2) is 0 Å². The lowest BCUT2D eigenvalue weighted by Gasteiger charge is -1.99. The summed E-state index contributed by atoms with van der Waals surface area (Å²) in [7, 11) is 1.94. The number of benzene rings is 1. The highest BCUT2D eigenvalue weighted by Crippen LogP contribution is 2.11. The molecule has 3 heteroatoms. The maximum absolute atomic E-state index is 5.37. The zero-order valence-electron chi connectivity index (χ0n) is 6.50. The molecule has 0 saturated carbocycles. The average molecular weight is 168 g/mol. The molecule has 0 spiro atoms. The lowest BCUT2D eigenvalue weighted by molar-refractivity contribution is 0.817. The second kappa shape index (κ2) is 4.38. The summed E-state index contributed by atoms with van der Waals surface area (Å²) in [6.07, 6.45) is 0. The third-order valence-corrected chi connectivity index (χ3v) is 1.98. The van der Waals surface area contributed by atoms with Gasteiger partial charge in [-0.3, -0.25) is 5.14 Å². The largest absolute Gasteiger partial charge is 0.316 e. The number of hydrogen-bond donors (Lipinski definition) is 2. The minimum Gasteiger partial charge on any atom is -0.316 e. The summed E-state index contributed by atoms with van der Waals surface area (Å²) in [5, 5.41) is 8.46. The molecule has 0 radical (unpaired) electrons. The van der Waals surface area contributed by atoms with Crippen LogP contribution in [0, 0.1) is 0 Å². The van der Waals surface area contributed by atoms with E-state index in [1.807, 2.05) is 19.2 Å². The molecule has 0 atom stereocenters. The van der Waals surface area contributed by atoms with Crippen molar-refractivity contribution >= 4 is 11.9 Å². The van der Waals surface area contributed by atoms with Crippen LogP contribution in [-0.2, 0) is 6.54 Å². The van der Waals surface area contributed by atoms with Gasteiger partial charge in [-0.1, -0.05) is 12.1 Å². The SMILES string of the molecule is CNCc1ccc(SN)cc1. The van der Waals surface area contributed by atoms with Crippen LogP contribution in [0.5, 0.6) is 0 Å². The Hall–Kier alpha value is -0.510. The highest BCUT2D eigenvalue weighted by atomic mass is 32.2. The van der Waals surface area contributed by atoms with Crippen LogP contribution < -0.4 is 10.5 Å². The second-order valence-corrected chi connectivity index (χ2v) is 3.00. The highest BCUT2D eigenvalue weighted by Gasteiger charge is 1.90. The molecule has 1 aromatic rings. The van der Waals surface area contributed by atoms with Crippen LogP contribution in [0.4, 0.5) is 0 Å². The van der Waals surface area contributed by atoms with Crippen LogP contribution in [0.25, 0.3) is 0 Å². The molecule has 0 aromatic heterocycles. The van der Waals surface area contributed by atoms with Crippen molar-refractivity contribution in [2.75, 3.05) is 7.05 Å². The molecular formula is C8H12N2S. The summed E-state index contributed by atoms with van der Waals surface area (Å²) in [5.41, 5.74) is 1.28. The van der Waals surface area contributed by atoms with Crippen LogP contribution >= 0.6 is 11.9 Å². The third-order valence-electron chi connectivity index (χ3n) is 1.44. The first-order valence-corrected chi connectivity index (χ1v) is 4.35. The van der Waals surface area contributed by atoms with Gasteiger partial charge in [0.05, 0.1) is 0 Å². The summed E-state index contributed by atoms with van der Waals surface area (Å²) >= 11 is 1.28. The molecule has 3 N–H and O–H groups in total. The molecule has 0 aliphatic heterocycles. The molecule has 0 unspecified atom stereocenters. The van der Waals surface area contributed by atoms with Crippen LogP contribution in [0.3, 0.4) is 0 Å². The molecule has 0 saturated heterocycles. The highest BCUT2D eigenvalue weighted by molar-refractivity contribution is 7.97. The van der Waals surface area contributed by atoms with E-state index >= 15 is 0 Å². The van der Waals surface area contributed by atoms with E-state index in [0.717, 1.165) is 11.4 Å². The minimum atomic E-state index is 0.912. The lowest BCUT2D eigenvalue weighted by Crippen LogP contribution is -2.04. The van der Waals surface area contributed by atoms with Crippen LogP contribution in [0.2, 0.25) is 0 Å².